The van der Waals surface area contributed by atoms with Crippen LogP contribution in [0.4, 0.5) is 28.8 Å². The Morgan fingerprint density at radius 3 is 2.53 bits per heavy atom. The number of halogens is 1. The number of aromatic nitrogens is 3. The molecular weight excluding hydrogens is 396 g/mol. The summed E-state index contributed by atoms with van der Waals surface area (Å²) in [4.78, 5) is 15.3. The van der Waals surface area contributed by atoms with Gasteiger partial charge in [-0.15, -0.1) is 0 Å². The molecule has 2 aromatic heterocycles. The number of aryl methyl sites for hydroxylation is 1. The van der Waals surface area contributed by atoms with Gasteiger partial charge in [0.15, 0.2) is 11.6 Å². The second-order valence-electron chi connectivity index (χ2n) is 6.80. The van der Waals surface area contributed by atoms with E-state index in [1.54, 1.807) is 6.20 Å². The summed E-state index contributed by atoms with van der Waals surface area (Å²) in [5, 5.41) is 3.92. The van der Waals surface area contributed by atoms with Gasteiger partial charge >= 0.3 is 0 Å². The van der Waals surface area contributed by atoms with Crippen LogP contribution in [0.1, 0.15) is 11.1 Å². The van der Waals surface area contributed by atoms with Crippen LogP contribution >= 0.6 is 11.6 Å². The first kappa shape index (κ1) is 19.7. The van der Waals surface area contributed by atoms with Crippen LogP contribution in [0, 0.1) is 6.92 Å². The minimum Gasteiger partial charge on any atom is -0.393 e. The third-order valence-electron chi connectivity index (χ3n) is 4.68. The van der Waals surface area contributed by atoms with Crippen molar-refractivity contribution in [2.45, 2.75) is 13.5 Å². The molecule has 0 atom stereocenters. The quantitative estimate of drug-likeness (QED) is 0.432. The molecular formula is C23H21ClN6. The Hall–Kier alpha value is -3.64. The van der Waals surface area contributed by atoms with Gasteiger partial charge in [-0.05, 0) is 42.3 Å². The number of hydrogen-bond donors (Lipinski definition) is 2. The molecule has 3 N–H and O–H groups in total. The Balaban J connectivity index is 1.74. The molecule has 7 heteroatoms. The lowest BCUT2D eigenvalue weighted by molar-refractivity contribution is 0.918. The van der Waals surface area contributed by atoms with Crippen molar-refractivity contribution in [3.05, 3.63) is 95.4 Å². The van der Waals surface area contributed by atoms with Crippen molar-refractivity contribution < 1.29 is 0 Å². The fourth-order valence-corrected chi connectivity index (χ4v) is 3.27. The average molecular weight is 417 g/mol. The predicted octanol–water partition coefficient (Wildman–Crippen LogP) is 5.50. The summed E-state index contributed by atoms with van der Waals surface area (Å²) in [5.41, 5.74) is 9.93. The number of nitrogens with two attached hydrogens (primary N) is 1. The lowest BCUT2D eigenvalue weighted by Gasteiger charge is -2.25. The maximum atomic E-state index is 6.52. The van der Waals surface area contributed by atoms with Gasteiger partial charge in [-0.1, -0.05) is 54.1 Å². The van der Waals surface area contributed by atoms with Crippen molar-refractivity contribution >= 4 is 40.4 Å². The van der Waals surface area contributed by atoms with E-state index in [4.69, 9.17) is 17.3 Å². The zero-order valence-electron chi connectivity index (χ0n) is 16.5. The fourth-order valence-electron chi connectivity index (χ4n) is 3.10. The van der Waals surface area contributed by atoms with Crippen molar-refractivity contribution in [1.82, 2.24) is 15.0 Å². The highest BCUT2D eigenvalue weighted by molar-refractivity contribution is 6.30. The first-order valence-electron chi connectivity index (χ1n) is 9.48. The van der Waals surface area contributed by atoms with Gasteiger partial charge in [0.2, 0.25) is 0 Å². The van der Waals surface area contributed by atoms with Gasteiger partial charge in [0.1, 0.15) is 17.8 Å². The van der Waals surface area contributed by atoms with E-state index in [2.05, 4.69) is 32.4 Å². The number of nitrogen functional groups attached to an aromatic ring is 1. The molecule has 0 saturated heterocycles. The Bertz CT molecular complexity index is 1140. The minimum absolute atomic E-state index is 0.429. The monoisotopic (exact) mass is 416 g/mol. The molecule has 30 heavy (non-hydrogen) atoms. The number of rotatable bonds is 6. The third kappa shape index (κ3) is 4.34. The van der Waals surface area contributed by atoms with Gasteiger partial charge in [0.05, 0.1) is 6.54 Å². The average Bonchev–Trinajstić information content (AvgIpc) is 2.77. The summed E-state index contributed by atoms with van der Waals surface area (Å²) < 4.78 is 0. The van der Waals surface area contributed by atoms with E-state index >= 15 is 0 Å². The van der Waals surface area contributed by atoms with Crippen molar-refractivity contribution in [1.29, 1.82) is 0 Å². The number of nitrogens with zero attached hydrogens (tertiary/aromatic N) is 4. The number of benzene rings is 2. The number of pyridine rings is 1. The van der Waals surface area contributed by atoms with E-state index in [9.17, 15) is 0 Å². The Morgan fingerprint density at radius 1 is 0.967 bits per heavy atom. The molecule has 2 heterocycles. The summed E-state index contributed by atoms with van der Waals surface area (Å²) in [6.45, 7) is 2.56. The summed E-state index contributed by atoms with van der Waals surface area (Å²) in [5.74, 6) is 1.84. The molecule has 0 amide bonds. The predicted molar refractivity (Wildman–Crippen MR) is 122 cm³/mol. The third-order valence-corrected chi connectivity index (χ3v) is 4.92. The fraction of sp³-hybridized carbons (Fsp3) is 0.0870. The SMILES string of the molecule is Cc1ccc(Cl)cc1Nc1ncnc(N(Cc2ccccc2)c2ccccn2)c1N. The van der Waals surface area contributed by atoms with Crippen LogP contribution in [0.25, 0.3) is 0 Å². The van der Waals surface area contributed by atoms with Crippen molar-refractivity contribution in [3.8, 4) is 0 Å². The standard InChI is InChI=1S/C23H21ClN6/c1-16-10-11-18(24)13-19(16)29-22-21(25)23(28-15-27-22)30(20-9-5-6-12-26-20)14-17-7-3-2-4-8-17/h2-13,15H,14,25H2,1H3,(H,27,28,29). The van der Waals surface area contributed by atoms with E-state index in [1.807, 2.05) is 66.4 Å². The van der Waals surface area contributed by atoms with E-state index < -0.39 is 0 Å². The summed E-state index contributed by atoms with van der Waals surface area (Å²) in [6, 6.07) is 21.5. The summed E-state index contributed by atoms with van der Waals surface area (Å²) in [6.07, 6.45) is 3.24. The van der Waals surface area contributed by atoms with E-state index in [0.717, 1.165) is 22.6 Å². The Kier molecular flexibility index (Phi) is 5.77. The second kappa shape index (κ2) is 8.80. The molecule has 0 aliphatic carbocycles. The normalized spacial score (nSPS) is 10.6. The maximum Gasteiger partial charge on any atom is 0.163 e. The zero-order valence-corrected chi connectivity index (χ0v) is 17.2. The van der Waals surface area contributed by atoms with Crippen LogP contribution in [0.3, 0.4) is 0 Å². The van der Waals surface area contributed by atoms with Crippen molar-refractivity contribution in [2.75, 3.05) is 16.0 Å². The van der Waals surface area contributed by atoms with Crippen molar-refractivity contribution in [3.63, 3.8) is 0 Å². The maximum absolute atomic E-state index is 6.52. The first-order valence-corrected chi connectivity index (χ1v) is 9.86. The molecule has 150 valence electrons. The lowest BCUT2D eigenvalue weighted by atomic mass is 10.2. The molecule has 2 aromatic carbocycles. The number of hydrogen-bond acceptors (Lipinski definition) is 6. The summed E-state index contributed by atoms with van der Waals surface area (Å²) >= 11 is 6.15. The van der Waals surface area contributed by atoms with E-state index in [0.29, 0.717) is 28.9 Å². The largest absolute Gasteiger partial charge is 0.393 e. The molecule has 0 unspecified atom stereocenters. The Morgan fingerprint density at radius 2 is 1.77 bits per heavy atom. The molecule has 6 nitrogen and oxygen atoms in total. The molecule has 4 aromatic rings. The van der Waals surface area contributed by atoms with Crippen molar-refractivity contribution in [2.24, 2.45) is 0 Å². The number of nitrogens with one attached hydrogen (secondary N) is 1. The molecule has 0 fully saturated rings. The van der Waals surface area contributed by atoms with Crippen LogP contribution in [-0.4, -0.2) is 15.0 Å². The molecule has 0 spiro atoms. The number of anilines is 5. The van der Waals surface area contributed by atoms with Gasteiger partial charge in [-0.25, -0.2) is 15.0 Å². The second-order valence-corrected chi connectivity index (χ2v) is 7.24. The highest BCUT2D eigenvalue weighted by atomic mass is 35.5. The van der Waals surface area contributed by atoms with Crippen LogP contribution in [0.15, 0.2) is 79.3 Å². The molecule has 0 aliphatic heterocycles. The molecule has 0 radical (unpaired) electrons. The molecule has 0 saturated carbocycles. The van der Waals surface area contributed by atoms with Crippen LogP contribution in [0.5, 0.6) is 0 Å². The smallest absolute Gasteiger partial charge is 0.163 e. The molecule has 0 aliphatic rings. The summed E-state index contributed by atoms with van der Waals surface area (Å²) in [7, 11) is 0. The van der Waals surface area contributed by atoms with E-state index in [-0.39, 0.29) is 0 Å². The van der Waals surface area contributed by atoms with Crippen LogP contribution < -0.4 is 16.0 Å². The van der Waals surface area contributed by atoms with Gasteiger partial charge in [0, 0.05) is 16.9 Å². The van der Waals surface area contributed by atoms with Gasteiger partial charge in [-0.3, -0.25) is 0 Å². The zero-order chi connectivity index (χ0) is 20.9. The highest BCUT2D eigenvalue weighted by Crippen LogP contribution is 2.34. The van der Waals surface area contributed by atoms with Gasteiger partial charge < -0.3 is 16.0 Å². The first-order chi connectivity index (χ1) is 14.6. The van der Waals surface area contributed by atoms with Crippen LogP contribution in [-0.2, 0) is 6.54 Å². The topological polar surface area (TPSA) is 80.0 Å². The van der Waals surface area contributed by atoms with E-state index in [1.165, 1.54) is 6.33 Å². The minimum atomic E-state index is 0.429. The molecule has 4 rings (SSSR count). The Labute approximate surface area is 180 Å². The lowest BCUT2D eigenvalue weighted by Crippen LogP contribution is -2.21. The van der Waals surface area contributed by atoms with Crippen LogP contribution in [0.2, 0.25) is 5.02 Å². The van der Waals surface area contributed by atoms with Gasteiger partial charge in [-0.2, -0.15) is 0 Å². The molecule has 0 bridgehead atoms. The van der Waals surface area contributed by atoms with Gasteiger partial charge in [0.25, 0.3) is 0 Å². The highest BCUT2D eigenvalue weighted by Gasteiger charge is 2.19.